The lowest BCUT2D eigenvalue weighted by Gasteiger charge is -2.29. The fourth-order valence-electron chi connectivity index (χ4n) is 2.54. The third-order valence-corrected chi connectivity index (χ3v) is 3.80. The predicted octanol–water partition coefficient (Wildman–Crippen LogP) is 3.15. The van der Waals surface area contributed by atoms with E-state index in [1.54, 1.807) is 12.1 Å². The number of nitrogens with zero attached hydrogens (tertiary/aromatic N) is 1. The molecule has 2 aromatic carbocycles. The highest BCUT2D eigenvalue weighted by Crippen LogP contribution is 2.35. The molecule has 2 aromatic rings. The van der Waals surface area contributed by atoms with Crippen LogP contribution in [0.25, 0.3) is 0 Å². The van der Waals surface area contributed by atoms with E-state index in [-0.39, 0.29) is 11.8 Å². The number of benzene rings is 2. The van der Waals surface area contributed by atoms with E-state index < -0.39 is 0 Å². The summed E-state index contributed by atoms with van der Waals surface area (Å²) in [5, 5.41) is 11.9. The standard InChI is InChI=1S/C17H14N2O/c1-11-6-7-12(10-18)8-16(11)19-17(20)15-9-13-4-2-3-5-14(13)15/h2-8,15H,9H2,1H3,(H,19,20). The monoisotopic (exact) mass is 262 g/mol. The van der Waals surface area contributed by atoms with Crippen LogP contribution in [0.3, 0.4) is 0 Å². The number of anilines is 1. The molecule has 3 rings (SSSR count). The van der Waals surface area contributed by atoms with Gasteiger partial charge in [-0.3, -0.25) is 4.79 Å². The maximum atomic E-state index is 12.3. The Morgan fingerprint density at radius 2 is 2.10 bits per heavy atom. The first kappa shape index (κ1) is 12.4. The number of rotatable bonds is 2. The first-order valence-corrected chi connectivity index (χ1v) is 6.58. The van der Waals surface area contributed by atoms with Crippen LogP contribution in [0.4, 0.5) is 5.69 Å². The van der Waals surface area contributed by atoms with Crippen LogP contribution in [0, 0.1) is 18.3 Å². The summed E-state index contributed by atoms with van der Waals surface area (Å²) in [5.41, 5.74) is 4.59. The normalized spacial score (nSPS) is 15.7. The predicted molar refractivity (Wildman–Crippen MR) is 77.4 cm³/mol. The van der Waals surface area contributed by atoms with Gasteiger partial charge in [0.05, 0.1) is 17.6 Å². The number of nitrogens with one attached hydrogen (secondary N) is 1. The highest BCUT2D eigenvalue weighted by atomic mass is 16.1. The Bertz CT molecular complexity index is 728. The number of amides is 1. The minimum atomic E-state index is -0.0728. The zero-order valence-electron chi connectivity index (χ0n) is 11.2. The molecule has 1 aliphatic rings. The zero-order chi connectivity index (χ0) is 14.1. The Kier molecular flexibility index (Phi) is 3.00. The maximum Gasteiger partial charge on any atom is 0.232 e. The summed E-state index contributed by atoms with van der Waals surface area (Å²) >= 11 is 0. The molecule has 1 N–H and O–H groups in total. The molecule has 0 fully saturated rings. The zero-order valence-corrected chi connectivity index (χ0v) is 11.2. The van der Waals surface area contributed by atoms with Gasteiger partial charge in [-0.15, -0.1) is 0 Å². The van der Waals surface area contributed by atoms with Crippen LogP contribution in [0.2, 0.25) is 0 Å². The number of carbonyl (C=O) groups is 1. The Hall–Kier alpha value is -2.60. The van der Waals surface area contributed by atoms with Gasteiger partial charge in [0.15, 0.2) is 0 Å². The Labute approximate surface area is 117 Å². The van der Waals surface area contributed by atoms with E-state index in [2.05, 4.69) is 17.5 Å². The lowest BCUT2D eigenvalue weighted by atomic mass is 9.77. The largest absolute Gasteiger partial charge is 0.325 e. The molecule has 0 aliphatic heterocycles. The summed E-state index contributed by atoms with van der Waals surface area (Å²) < 4.78 is 0. The number of aryl methyl sites for hydroxylation is 1. The van der Waals surface area contributed by atoms with Crippen LogP contribution < -0.4 is 5.32 Å². The second kappa shape index (κ2) is 4.82. The highest BCUT2D eigenvalue weighted by Gasteiger charge is 2.31. The first-order chi connectivity index (χ1) is 9.69. The molecule has 0 saturated heterocycles. The SMILES string of the molecule is Cc1ccc(C#N)cc1NC(=O)C1Cc2ccccc21. The van der Waals surface area contributed by atoms with Crippen LogP contribution in [0.15, 0.2) is 42.5 Å². The molecule has 3 heteroatoms. The van der Waals surface area contributed by atoms with Crippen molar-refractivity contribution in [2.45, 2.75) is 19.3 Å². The second-order valence-corrected chi connectivity index (χ2v) is 5.09. The average Bonchev–Trinajstić information content (AvgIpc) is 2.42. The summed E-state index contributed by atoms with van der Waals surface area (Å²) in [5.74, 6) is -0.0711. The Morgan fingerprint density at radius 1 is 1.30 bits per heavy atom. The molecule has 0 radical (unpaired) electrons. The molecule has 0 heterocycles. The quantitative estimate of drug-likeness (QED) is 0.903. The molecule has 0 spiro atoms. The maximum absolute atomic E-state index is 12.3. The fraction of sp³-hybridized carbons (Fsp3) is 0.176. The third-order valence-electron chi connectivity index (χ3n) is 3.80. The van der Waals surface area contributed by atoms with Crippen molar-refractivity contribution in [3.8, 4) is 6.07 Å². The van der Waals surface area contributed by atoms with E-state index in [9.17, 15) is 4.79 Å². The molecule has 0 saturated carbocycles. The lowest BCUT2D eigenvalue weighted by Crippen LogP contribution is -2.30. The van der Waals surface area contributed by atoms with Crippen LogP contribution in [0.1, 0.15) is 28.2 Å². The van der Waals surface area contributed by atoms with Gasteiger partial charge in [-0.1, -0.05) is 30.3 Å². The topological polar surface area (TPSA) is 52.9 Å². The van der Waals surface area contributed by atoms with Gasteiger partial charge >= 0.3 is 0 Å². The first-order valence-electron chi connectivity index (χ1n) is 6.58. The Balaban J connectivity index is 1.80. The molecule has 1 unspecified atom stereocenters. The number of carbonyl (C=O) groups excluding carboxylic acids is 1. The van der Waals surface area contributed by atoms with Crippen LogP contribution >= 0.6 is 0 Å². The number of nitriles is 1. The molecule has 0 aromatic heterocycles. The van der Waals surface area contributed by atoms with Crippen molar-refractivity contribution >= 4 is 11.6 Å². The molecule has 20 heavy (non-hydrogen) atoms. The van der Waals surface area contributed by atoms with Gasteiger partial charge in [-0.2, -0.15) is 5.26 Å². The van der Waals surface area contributed by atoms with Gasteiger partial charge in [0.2, 0.25) is 5.91 Å². The minimum Gasteiger partial charge on any atom is -0.325 e. The van der Waals surface area contributed by atoms with Gasteiger partial charge in [-0.05, 0) is 42.2 Å². The highest BCUT2D eigenvalue weighted by molar-refractivity contribution is 5.98. The van der Waals surface area contributed by atoms with Gasteiger partial charge in [-0.25, -0.2) is 0 Å². The summed E-state index contributed by atoms with van der Waals surface area (Å²) in [4.78, 5) is 12.3. The molecular weight excluding hydrogens is 248 g/mol. The lowest BCUT2D eigenvalue weighted by molar-refractivity contribution is -0.118. The van der Waals surface area contributed by atoms with Crippen molar-refractivity contribution in [1.29, 1.82) is 5.26 Å². The third kappa shape index (κ3) is 2.06. The molecule has 1 aliphatic carbocycles. The minimum absolute atomic E-state index is 0.00175. The van der Waals surface area contributed by atoms with Crippen LogP contribution in [-0.4, -0.2) is 5.91 Å². The van der Waals surface area contributed by atoms with Gasteiger partial charge in [0.1, 0.15) is 0 Å². The van der Waals surface area contributed by atoms with E-state index in [4.69, 9.17) is 5.26 Å². The van der Waals surface area contributed by atoms with Crippen molar-refractivity contribution in [1.82, 2.24) is 0 Å². The fourth-order valence-corrected chi connectivity index (χ4v) is 2.54. The van der Waals surface area contributed by atoms with Crippen molar-refractivity contribution < 1.29 is 4.79 Å². The average molecular weight is 262 g/mol. The summed E-state index contributed by atoms with van der Waals surface area (Å²) in [6.07, 6.45) is 0.791. The number of fused-ring (bicyclic) bond motifs is 1. The van der Waals surface area contributed by atoms with Crippen molar-refractivity contribution in [3.63, 3.8) is 0 Å². The van der Waals surface area contributed by atoms with Crippen molar-refractivity contribution in [2.24, 2.45) is 0 Å². The number of hydrogen-bond donors (Lipinski definition) is 1. The number of hydrogen-bond acceptors (Lipinski definition) is 2. The smallest absolute Gasteiger partial charge is 0.232 e. The molecular formula is C17H14N2O. The van der Waals surface area contributed by atoms with Crippen molar-refractivity contribution in [3.05, 3.63) is 64.7 Å². The van der Waals surface area contributed by atoms with E-state index in [0.717, 1.165) is 23.2 Å². The molecule has 3 nitrogen and oxygen atoms in total. The molecule has 0 bridgehead atoms. The van der Waals surface area contributed by atoms with E-state index in [1.807, 2.05) is 31.2 Å². The molecule has 1 amide bonds. The van der Waals surface area contributed by atoms with E-state index >= 15 is 0 Å². The van der Waals surface area contributed by atoms with Gasteiger partial charge in [0.25, 0.3) is 0 Å². The second-order valence-electron chi connectivity index (χ2n) is 5.09. The molecule has 98 valence electrons. The van der Waals surface area contributed by atoms with E-state index in [0.29, 0.717) is 5.56 Å². The molecule has 1 atom stereocenters. The Morgan fingerprint density at radius 3 is 2.85 bits per heavy atom. The van der Waals surface area contributed by atoms with E-state index in [1.165, 1.54) is 5.56 Å². The summed E-state index contributed by atoms with van der Waals surface area (Å²) in [6, 6.07) is 15.4. The summed E-state index contributed by atoms with van der Waals surface area (Å²) in [7, 11) is 0. The van der Waals surface area contributed by atoms with Crippen molar-refractivity contribution in [2.75, 3.05) is 5.32 Å². The van der Waals surface area contributed by atoms with Gasteiger partial charge < -0.3 is 5.32 Å². The van der Waals surface area contributed by atoms with Gasteiger partial charge in [0, 0.05) is 5.69 Å². The summed E-state index contributed by atoms with van der Waals surface area (Å²) in [6.45, 7) is 1.92. The van der Waals surface area contributed by atoms with Crippen LogP contribution in [0.5, 0.6) is 0 Å². The van der Waals surface area contributed by atoms with Crippen LogP contribution in [-0.2, 0) is 11.2 Å².